The third-order valence-electron chi connectivity index (χ3n) is 2.77. The van der Waals surface area contributed by atoms with Gasteiger partial charge in [0, 0.05) is 10.6 Å². The highest BCUT2D eigenvalue weighted by molar-refractivity contribution is 7.20. The normalized spacial score (nSPS) is 12.5. The first-order valence-corrected chi connectivity index (χ1v) is 7.88. The maximum Gasteiger partial charge on any atom is 0.0996 e. The monoisotopic (exact) mass is 353 g/mol. The van der Waals surface area contributed by atoms with Gasteiger partial charge in [0.1, 0.15) is 0 Å². The second-order valence-electron chi connectivity index (χ2n) is 4.23. The summed E-state index contributed by atoms with van der Waals surface area (Å²) in [6.45, 7) is 3.91. The quantitative estimate of drug-likeness (QED) is 0.635. The van der Waals surface area contributed by atoms with Gasteiger partial charge in [0.05, 0.1) is 25.4 Å². The first-order chi connectivity index (χ1) is 8.88. The van der Waals surface area contributed by atoms with Crippen LogP contribution >= 0.6 is 57.7 Å². The molecule has 0 aliphatic heterocycles. The zero-order valence-corrected chi connectivity index (χ0v) is 14.1. The van der Waals surface area contributed by atoms with Crippen LogP contribution in [0.5, 0.6) is 0 Å². The number of nitrogens with one attached hydrogen (secondary N) is 1. The summed E-state index contributed by atoms with van der Waals surface area (Å²) in [6.07, 6.45) is 0. The molecule has 1 heterocycles. The summed E-state index contributed by atoms with van der Waals surface area (Å²) in [5.74, 6) is 0. The first kappa shape index (κ1) is 15.3. The highest BCUT2D eigenvalue weighted by atomic mass is 35.5. The summed E-state index contributed by atoms with van der Waals surface area (Å²) in [5, 5.41) is 4.60. The Morgan fingerprint density at radius 1 is 1.05 bits per heavy atom. The molecule has 2 aromatic rings. The van der Waals surface area contributed by atoms with Crippen LogP contribution in [-0.4, -0.2) is 0 Å². The standard InChI is InChI=1S/C13H11Cl4NS/c1-6-3-10(15)11(5-9(6)14)18-7(2)8-4-12(16)19-13(8)17/h3-5,7,18H,1-2H3. The average molecular weight is 355 g/mol. The lowest BCUT2D eigenvalue weighted by atomic mass is 10.1. The van der Waals surface area contributed by atoms with E-state index in [1.165, 1.54) is 11.3 Å². The maximum absolute atomic E-state index is 6.20. The highest BCUT2D eigenvalue weighted by Gasteiger charge is 2.15. The molecule has 1 nitrogen and oxygen atoms in total. The summed E-state index contributed by atoms with van der Waals surface area (Å²) in [5.41, 5.74) is 2.68. The van der Waals surface area contributed by atoms with E-state index in [1.54, 1.807) is 0 Å². The molecule has 1 aromatic carbocycles. The van der Waals surface area contributed by atoms with Crippen LogP contribution in [0.4, 0.5) is 5.69 Å². The van der Waals surface area contributed by atoms with Crippen molar-refractivity contribution < 1.29 is 0 Å². The van der Waals surface area contributed by atoms with Crippen LogP contribution < -0.4 is 5.32 Å². The van der Waals surface area contributed by atoms with Crippen molar-refractivity contribution in [3.63, 3.8) is 0 Å². The summed E-state index contributed by atoms with van der Waals surface area (Å²) < 4.78 is 1.35. The minimum atomic E-state index is -0.00692. The van der Waals surface area contributed by atoms with Crippen molar-refractivity contribution >= 4 is 63.4 Å². The van der Waals surface area contributed by atoms with Gasteiger partial charge in [-0.05, 0) is 37.6 Å². The smallest absolute Gasteiger partial charge is 0.0996 e. The van der Waals surface area contributed by atoms with Crippen LogP contribution in [0.2, 0.25) is 18.7 Å². The number of benzene rings is 1. The van der Waals surface area contributed by atoms with E-state index in [-0.39, 0.29) is 6.04 Å². The van der Waals surface area contributed by atoms with Crippen molar-refractivity contribution in [3.8, 4) is 0 Å². The molecule has 2 rings (SSSR count). The number of hydrogen-bond acceptors (Lipinski definition) is 2. The number of halogens is 4. The zero-order chi connectivity index (χ0) is 14.2. The van der Waals surface area contributed by atoms with Gasteiger partial charge in [0.2, 0.25) is 0 Å². The molecule has 1 unspecified atom stereocenters. The first-order valence-electron chi connectivity index (χ1n) is 5.55. The van der Waals surface area contributed by atoms with Crippen LogP contribution in [0.15, 0.2) is 18.2 Å². The van der Waals surface area contributed by atoms with Crippen molar-refractivity contribution in [3.05, 3.63) is 48.0 Å². The molecule has 0 aliphatic rings. The number of aryl methyl sites for hydroxylation is 1. The van der Waals surface area contributed by atoms with E-state index in [4.69, 9.17) is 46.4 Å². The van der Waals surface area contributed by atoms with Gasteiger partial charge in [-0.3, -0.25) is 0 Å². The van der Waals surface area contributed by atoms with E-state index in [2.05, 4.69) is 5.32 Å². The molecule has 1 N–H and O–H groups in total. The number of anilines is 1. The third-order valence-corrected chi connectivity index (χ3v) is 5.01. The van der Waals surface area contributed by atoms with E-state index in [1.807, 2.05) is 32.0 Å². The summed E-state index contributed by atoms with van der Waals surface area (Å²) in [4.78, 5) is 0. The molecule has 0 amide bonds. The minimum absolute atomic E-state index is 0.00692. The van der Waals surface area contributed by atoms with Crippen LogP contribution in [-0.2, 0) is 0 Å². The van der Waals surface area contributed by atoms with E-state index < -0.39 is 0 Å². The van der Waals surface area contributed by atoms with Crippen molar-refractivity contribution in [2.45, 2.75) is 19.9 Å². The largest absolute Gasteiger partial charge is 0.377 e. The number of rotatable bonds is 3. The van der Waals surface area contributed by atoms with Crippen LogP contribution in [0, 0.1) is 6.92 Å². The molecule has 0 spiro atoms. The Kier molecular flexibility index (Phi) is 4.91. The van der Waals surface area contributed by atoms with Gasteiger partial charge in [0.15, 0.2) is 0 Å². The van der Waals surface area contributed by atoms with Gasteiger partial charge in [-0.15, -0.1) is 11.3 Å². The second-order valence-corrected chi connectivity index (χ2v) is 7.33. The molecule has 0 aliphatic carbocycles. The summed E-state index contributed by atoms with van der Waals surface area (Å²) in [6, 6.07) is 5.50. The Hall–Kier alpha value is -0.120. The van der Waals surface area contributed by atoms with Gasteiger partial charge >= 0.3 is 0 Å². The van der Waals surface area contributed by atoms with Crippen LogP contribution in [0.1, 0.15) is 24.1 Å². The Balaban J connectivity index is 2.26. The van der Waals surface area contributed by atoms with Gasteiger partial charge in [0.25, 0.3) is 0 Å². The van der Waals surface area contributed by atoms with Gasteiger partial charge in [-0.25, -0.2) is 0 Å². The minimum Gasteiger partial charge on any atom is -0.377 e. The Morgan fingerprint density at radius 3 is 2.32 bits per heavy atom. The fourth-order valence-corrected chi connectivity index (χ4v) is 3.80. The van der Waals surface area contributed by atoms with Gasteiger partial charge in [-0.2, -0.15) is 0 Å². The Bertz CT molecular complexity index is 609. The molecule has 6 heteroatoms. The molecule has 0 bridgehead atoms. The summed E-state index contributed by atoms with van der Waals surface area (Å²) in [7, 11) is 0. The molecule has 1 aromatic heterocycles. The maximum atomic E-state index is 6.20. The van der Waals surface area contributed by atoms with E-state index >= 15 is 0 Å². The molecule has 0 fully saturated rings. The molecule has 0 saturated heterocycles. The zero-order valence-electron chi connectivity index (χ0n) is 10.2. The lowest BCUT2D eigenvalue weighted by Gasteiger charge is -2.17. The number of hydrogen-bond donors (Lipinski definition) is 1. The SMILES string of the molecule is Cc1cc(Cl)c(NC(C)c2cc(Cl)sc2Cl)cc1Cl. The fraction of sp³-hybridized carbons (Fsp3) is 0.231. The lowest BCUT2D eigenvalue weighted by Crippen LogP contribution is -2.06. The predicted molar refractivity (Wildman–Crippen MR) is 87.6 cm³/mol. The van der Waals surface area contributed by atoms with Crippen molar-refractivity contribution in [1.82, 2.24) is 0 Å². The predicted octanol–water partition coefficient (Wildman–Crippen LogP) is 6.84. The van der Waals surface area contributed by atoms with Crippen LogP contribution in [0.3, 0.4) is 0 Å². The molecule has 0 saturated carbocycles. The molecular weight excluding hydrogens is 344 g/mol. The topological polar surface area (TPSA) is 12.0 Å². The molecule has 1 atom stereocenters. The van der Waals surface area contributed by atoms with Crippen molar-refractivity contribution in [1.29, 1.82) is 0 Å². The van der Waals surface area contributed by atoms with E-state index in [9.17, 15) is 0 Å². The Labute approximate surface area is 136 Å². The number of thiophene rings is 1. The van der Waals surface area contributed by atoms with Crippen LogP contribution in [0.25, 0.3) is 0 Å². The van der Waals surface area contributed by atoms with E-state index in [0.717, 1.165) is 16.8 Å². The Morgan fingerprint density at radius 2 is 1.74 bits per heavy atom. The average Bonchev–Trinajstić information content (AvgIpc) is 2.65. The molecule has 0 radical (unpaired) electrons. The lowest BCUT2D eigenvalue weighted by molar-refractivity contribution is 0.891. The van der Waals surface area contributed by atoms with Crippen molar-refractivity contribution in [2.24, 2.45) is 0 Å². The highest BCUT2D eigenvalue weighted by Crippen LogP contribution is 2.37. The second kappa shape index (κ2) is 6.11. The van der Waals surface area contributed by atoms with Gasteiger partial charge < -0.3 is 5.32 Å². The molecule has 19 heavy (non-hydrogen) atoms. The molecule has 102 valence electrons. The fourth-order valence-electron chi connectivity index (χ4n) is 1.72. The third kappa shape index (κ3) is 3.50. The van der Waals surface area contributed by atoms with Gasteiger partial charge in [-0.1, -0.05) is 46.4 Å². The van der Waals surface area contributed by atoms with Crippen molar-refractivity contribution in [2.75, 3.05) is 5.32 Å². The van der Waals surface area contributed by atoms with E-state index in [0.29, 0.717) is 18.7 Å². The molecular formula is C13H11Cl4NS. The summed E-state index contributed by atoms with van der Waals surface area (Å²) >= 11 is 25.7.